The van der Waals surface area contributed by atoms with Crippen molar-refractivity contribution >= 4 is 29.3 Å². The van der Waals surface area contributed by atoms with Crippen LogP contribution in [-0.4, -0.2) is 58.3 Å². The van der Waals surface area contributed by atoms with Gasteiger partial charge in [-0.05, 0) is 54.8 Å². The minimum atomic E-state index is -1.04. The van der Waals surface area contributed by atoms with E-state index in [0.717, 1.165) is 5.56 Å². The van der Waals surface area contributed by atoms with Crippen molar-refractivity contribution in [2.24, 2.45) is 5.73 Å². The number of carbonyl (C=O) groups excluding carboxylic acids is 2. The highest BCUT2D eigenvalue weighted by molar-refractivity contribution is 5.95. The number of anilines is 2. The second-order valence-electron chi connectivity index (χ2n) is 7.20. The second-order valence-corrected chi connectivity index (χ2v) is 7.20. The molecule has 0 unspecified atom stereocenters. The molecule has 3 rings (SSSR count). The van der Waals surface area contributed by atoms with E-state index in [1.165, 1.54) is 24.3 Å². The van der Waals surface area contributed by atoms with Crippen molar-refractivity contribution in [3.05, 3.63) is 59.7 Å². The molecule has 1 heterocycles. The number of nitrogens with two attached hydrogens (primary N) is 1. The van der Waals surface area contributed by atoms with Crippen LogP contribution < -0.4 is 16.4 Å². The van der Waals surface area contributed by atoms with E-state index < -0.39 is 18.1 Å². The van der Waals surface area contributed by atoms with Crippen molar-refractivity contribution in [3.63, 3.8) is 0 Å². The maximum absolute atomic E-state index is 12.3. The third-order valence-corrected chi connectivity index (χ3v) is 4.85. The highest BCUT2D eigenvalue weighted by Crippen LogP contribution is 2.15. The average molecular weight is 412 g/mol. The van der Waals surface area contributed by atoms with Gasteiger partial charge < -0.3 is 31.5 Å². The van der Waals surface area contributed by atoms with Gasteiger partial charge in [-0.2, -0.15) is 0 Å². The SMILES string of the molecule is N[C@@H](Cc1ccc(NC(=O)N2CC[C@@H](O)C2)cc1)C(=O)Nc1ccc(C(=O)O)cc1. The maximum Gasteiger partial charge on any atom is 0.335 e. The highest BCUT2D eigenvalue weighted by Gasteiger charge is 2.24. The first-order valence-corrected chi connectivity index (χ1v) is 9.54. The third kappa shape index (κ3) is 5.56. The van der Waals surface area contributed by atoms with Crippen LogP contribution in [-0.2, 0) is 11.2 Å². The van der Waals surface area contributed by atoms with Crippen LogP contribution in [0.4, 0.5) is 16.2 Å². The first-order valence-electron chi connectivity index (χ1n) is 9.54. The van der Waals surface area contributed by atoms with Gasteiger partial charge in [0.1, 0.15) is 0 Å². The zero-order chi connectivity index (χ0) is 21.7. The van der Waals surface area contributed by atoms with Gasteiger partial charge in [0, 0.05) is 24.5 Å². The molecule has 1 aliphatic heterocycles. The summed E-state index contributed by atoms with van der Waals surface area (Å²) in [5, 5.41) is 23.9. The summed E-state index contributed by atoms with van der Waals surface area (Å²) < 4.78 is 0. The van der Waals surface area contributed by atoms with E-state index in [9.17, 15) is 19.5 Å². The van der Waals surface area contributed by atoms with Crippen LogP contribution in [0.3, 0.4) is 0 Å². The molecule has 158 valence electrons. The molecule has 2 aromatic carbocycles. The van der Waals surface area contributed by atoms with Crippen LogP contribution in [0.25, 0.3) is 0 Å². The molecule has 0 bridgehead atoms. The van der Waals surface area contributed by atoms with Gasteiger partial charge in [0.15, 0.2) is 0 Å². The molecule has 1 saturated heterocycles. The fourth-order valence-corrected chi connectivity index (χ4v) is 3.13. The van der Waals surface area contributed by atoms with Crippen molar-refractivity contribution < 1.29 is 24.6 Å². The lowest BCUT2D eigenvalue weighted by atomic mass is 10.1. The topological polar surface area (TPSA) is 145 Å². The fraction of sp³-hybridized carbons (Fsp3) is 0.286. The summed E-state index contributed by atoms with van der Waals surface area (Å²) in [6, 6.07) is 11.8. The van der Waals surface area contributed by atoms with E-state index in [1.54, 1.807) is 29.2 Å². The molecule has 6 N–H and O–H groups in total. The highest BCUT2D eigenvalue weighted by atomic mass is 16.4. The number of β-amino-alcohol motifs (C(OH)–C–C–N with tert-alkyl or cyclic N) is 1. The predicted octanol–water partition coefficient (Wildman–Crippen LogP) is 1.49. The van der Waals surface area contributed by atoms with Gasteiger partial charge >= 0.3 is 12.0 Å². The molecule has 0 aliphatic carbocycles. The first-order chi connectivity index (χ1) is 14.3. The Morgan fingerprint density at radius 2 is 1.63 bits per heavy atom. The quantitative estimate of drug-likeness (QED) is 0.486. The van der Waals surface area contributed by atoms with Crippen LogP contribution >= 0.6 is 0 Å². The fourth-order valence-electron chi connectivity index (χ4n) is 3.13. The Hall–Kier alpha value is -3.43. The lowest BCUT2D eigenvalue weighted by Crippen LogP contribution is -2.37. The predicted molar refractivity (Wildman–Crippen MR) is 111 cm³/mol. The maximum atomic E-state index is 12.3. The number of urea groups is 1. The van der Waals surface area contributed by atoms with Crippen molar-refractivity contribution in [2.75, 3.05) is 23.7 Å². The van der Waals surface area contributed by atoms with Crippen molar-refractivity contribution in [3.8, 4) is 0 Å². The Bertz CT molecular complexity index is 914. The Kier molecular flexibility index (Phi) is 6.65. The Morgan fingerprint density at radius 1 is 1.03 bits per heavy atom. The molecular formula is C21H24N4O5. The molecule has 30 heavy (non-hydrogen) atoms. The summed E-state index contributed by atoms with van der Waals surface area (Å²) in [4.78, 5) is 36.9. The molecule has 3 amide bonds. The lowest BCUT2D eigenvalue weighted by molar-refractivity contribution is -0.117. The van der Waals surface area contributed by atoms with Crippen LogP contribution in [0.2, 0.25) is 0 Å². The summed E-state index contributed by atoms with van der Waals surface area (Å²) in [6.45, 7) is 0.848. The van der Waals surface area contributed by atoms with Gasteiger partial charge in [0.25, 0.3) is 0 Å². The number of benzene rings is 2. The molecule has 9 nitrogen and oxygen atoms in total. The number of hydrogen-bond acceptors (Lipinski definition) is 5. The first kappa shape index (κ1) is 21.3. The number of nitrogens with zero attached hydrogens (tertiary/aromatic N) is 1. The normalized spacial score (nSPS) is 16.7. The van der Waals surface area contributed by atoms with Crippen molar-refractivity contribution in [1.29, 1.82) is 0 Å². The number of carboxylic acids is 1. The van der Waals surface area contributed by atoms with E-state index in [4.69, 9.17) is 10.8 Å². The molecule has 0 spiro atoms. The Labute approximate surface area is 173 Å². The number of rotatable bonds is 6. The molecule has 1 aliphatic rings. The van der Waals surface area contributed by atoms with Crippen LogP contribution in [0.15, 0.2) is 48.5 Å². The van der Waals surface area contributed by atoms with Crippen molar-refractivity contribution in [1.82, 2.24) is 4.90 Å². The van der Waals surface area contributed by atoms with Crippen LogP contribution in [0.1, 0.15) is 22.3 Å². The van der Waals surface area contributed by atoms with E-state index in [-0.39, 0.29) is 17.5 Å². The summed E-state index contributed by atoms with van der Waals surface area (Å²) in [6.07, 6.45) is 0.405. The van der Waals surface area contributed by atoms with Gasteiger partial charge in [-0.3, -0.25) is 4.79 Å². The zero-order valence-corrected chi connectivity index (χ0v) is 16.2. The summed E-state index contributed by atoms with van der Waals surface area (Å²) in [7, 11) is 0. The smallest absolute Gasteiger partial charge is 0.335 e. The van der Waals surface area contributed by atoms with E-state index in [1.807, 2.05) is 0 Å². The number of aliphatic hydroxyl groups is 1. The molecule has 0 saturated carbocycles. The van der Waals surface area contributed by atoms with Gasteiger partial charge in [-0.15, -0.1) is 0 Å². The third-order valence-electron chi connectivity index (χ3n) is 4.85. The number of aromatic carboxylic acids is 1. The molecule has 0 radical (unpaired) electrons. The summed E-state index contributed by atoms with van der Waals surface area (Å²) in [5.41, 5.74) is 8.02. The number of nitrogens with one attached hydrogen (secondary N) is 2. The summed E-state index contributed by atoms with van der Waals surface area (Å²) >= 11 is 0. The Morgan fingerprint density at radius 3 is 2.20 bits per heavy atom. The second kappa shape index (κ2) is 9.38. The minimum absolute atomic E-state index is 0.130. The number of amides is 3. The average Bonchev–Trinajstić information content (AvgIpc) is 3.16. The van der Waals surface area contributed by atoms with E-state index in [0.29, 0.717) is 37.3 Å². The number of carbonyl (C=O) groups is 3. The van der Waals surface area contributed by atoms with Gasteiger partial charge in [-0.25, -0.2) is 9.59 Å². The van der Waals surface area contributed by atoms with Gasteiger partial charge in [0.05, 0.1) is 17.7 Å². The van der Waals surface area contributed by atoms with E-state index >= 15 is 0 Å². The molecular weight excluding hydrogens is 388 g/mol. The van der Waals surface area contributed by atoms with Crippen LogP contribution in [0.5, 0.6) is 0 Å². The molecule has 1 fully saturated rings. The van der Waals surface area contributed by atoms with E-state index in [2.05, 4.69) is 10.6 Å². The lowest BCUT2D eigenvalue weighted by Gasteiger charge is -2.17. The molecule has 2 aromatic rings. The zero-order valence-electron chi connectivity index (χ0n) is 16.2. The number of aliphatic hydroxyl groups excluding tert-OH is 1. The molecule has 2 atom stereocenters. The number of hydrogen-bond donors (Lipinski definition) is 5. The van der Waals surface area contributed by atoms with Crippen LogP contribution in [0, 0.1) is 0 Å². The van der Waals surface area contributed by atoms with Crippen molar-refractivity contribution in [2.45, 2.75) is 25.0 Å². The monoisotopic (exact) mass is 412 g/mol. The molecule has 0 aromatic heterocycles. The van der Waals surface area contributed by atoms with Gasteiger partial charge in [-0.1, -0.05) is 12.1 Å². The number of carboxylic acid groups (broad SMARTS) is 1. The Balaban J connectivity index is 1.50. The summed E-state index contributed by atoms with van der Waals surface area (Å²) in [5.74, 6) is -1.43. The standard InChI is InChI=1S/C21H24N4O5/c22-18(19(27)23-15-7-3-14(4-8-15)20(28)29)11-13-1-5-16(6-2-13)24-21(30)25-10-9-17(26)12-25/h1-8,17-18,26H,9-12,22H2,(H,23,27)(H,24,30)(H,28,29)/t17-,18+/m1/s1. The minimum Gasteiger partial charge on any atom is -0.478 e. The van der Waals surface area contributed by atoms with Gasteiger partial charge in [0.2, 0.25) is 5.91 Å². The number of likely N-dealkylation sites (tertiary alicyclic amines) is 1. The largest absolute Gasteiger partial charge is 0.478 e. The molecule has 9 heteroatoms.